The third-order valence-corrected chi connectivity index (χ3v) is 3.74. The molecule has 0 aromatic rings. The number of rotatable bonds is 4. The smallest absolute Gasteiger partial charge is 0.241 e. The van der Waals surface area contributed by atoms with Crippen LogP contribution in [-0.2, 0) is 14.4 Å². The first-order chi connectivity index (χ1) is 10.1. The van der Waals surface area contributed by atoms with Crippen LogP contribution in [0.3, 0.4) is 0 Å². The maximum absolute atomic E-state index is 12.3. The summed E-state index contributed by atoms with van der Waals surface area (Å²) in [6.07, 6.45) is 0. The van der Waals surface area contributed by atoms with Crippen LogP contribution in [-0.4, -0.2) is 85.9 Å². The molecule has 0 spiro atoms. The average molecular weight is 297 g/mol. The van der Waals surface area contributed by atoms with Crippen LogP contribution in [0.15, 0.2) is 0 Å². The lowest BCUT2D eigenvalue weighted by Gasteiger charge is -2.37. The van der Waals surface area contributed by atoms with E-state index in [-0.39, 0.29) is 30.3 Å². The van der Waals surface area contributed by atoms with Gasteiger partial charge in [0.25, 0.3) is 0 Å². The zero-order valence-electron chi connectivity index (χ0n) is 12.4. The van der Waals surface area contributed by atoms with Crippen LogP contribution < -0.4 is 16.0 Å². The molecule has 2 aliphatic heterocycles. The van der Waals surface area contributed by atoms with Gasteiger partial charge in [-0.15, -0.1) is 0 Å². The molecule has 2 heterocycles. The molecular formula is C13H23N5O3. The minimum atomic E-state index is -0.336. The quantitative estimate of drug-likeness (QED) is 0.527. The second kappa shape index (κ2) is 7.37. The molecule has 3 N–H and O–H groups in total. The molecular weight excluding hydrogens is 274 g/mol. The van der Waals surface area contributed by atoms with Crippen LogP contribution in [0.2, 0.25) is 0 Å². The predicted octanol–water partition coefficient (Wildman–Crippen LogP) is -2.65. The van der Waals surface area contributed by atoms with Crippen molar-refractivity contribution in [3.05, 3.63) is 0 Å². The van der Waals surface area contributed by atoms with E-state index in [4.69, 9.17) is 0 Å². The first kappa shape index (κ1) is 15.7. The fourth-order valence-electron chi connectivity index (χ4n) is 2.54. The maximum Gasteiger partial charge on any atom is 0.241 e. The lowest BCUT2D eigenvalue weighted by Crippen LogP contribution is -2.61. The van der Waals surface area contributed by atoms with Gasteiger partial charge in [-0.05, 0) is 6.92 Å². The van der Waals surface area contributed by atoms with Gasteiger partial charge in [0, 0.05) is 39.3 Å². The van der Waals surface area contributed by atoms with Gasteiger partial charge in [0.05, 0.1) is 13.1 Å². The minimum absolute atomic E-state index is 0.0210. The molecule has 1 unspecified atom stereocenters. The Bertz CT molecular complexity index is 397. The summed E-state index contributed by atoms with van der Waals surface area (Å²) in [5.41, 5.74) is 0. The number of nitrogens with zero attached hydrogens (tertiary/aromatic N) is 2. The van der Waals surface area contributed by atoms with Crippen molar-refractivity contribution in [1.29, 1.82) is 0 Å². The van der Waals surface area contributed by atoms with E-state index in [9.17, 15) is 14.4 Å². The van der Waals surface area contributed by atoms with Crippen LogP contribution in [0, 0.1) is 0 Å². The molecule has 21 heavy (non-hydrogen) atoms. The van der Waals surface area contributed by atoms with Crippen molar-refractivity contribution in [2.24, 2.45) is 0 Å². The Morgan fingerprint density at radius 2 is 2.00 bits per heavy atom. The van der Waals surface area contributed by atoms with E-state index in [1.807, 2.05) is 11.8 Å². The van der Waals surface area contributed by atoms with Crippen molar-refractivity contribution < 1.29 is 14.4 Å². The molecule has 0 radical (unpaired) electrons. The van der Waals surface area contributed by atoms with Crippen LogP contribution in [0.4, 0.5) is 0 Å². The van der Waals surface area contributed by atoms with Crippen LogP contribution in [0.25, 0.3) is 0 Å². The Hall–Kier alpha value is -1.67. The number of amides is 3. The summed E-state index contributed by atoms with van der Waals surface area (Å²) in [4.78, 5) is 38.7. The van der Waals surface area contributed by atoms with E-state index < -0.39 is 0 Å². The fraction of sp³-hybridized carbons (Fsp3) is 0.769. The summed E-state index contributed by atoms with van der Waals surface area (Å²) in [6.45, 7) is 6.07. The standard InChI is InChI=1S/C13H23N5O3/c1-2-14-12(20)9-17-3-5-18(6-4-17)13(21)10-7-16-11(19)8-15-10/h10,15H,2-9H2,1H3,(H,14,20)(H,16,19). The Labute approximate surface area is 124 Å². The van der Waals surface area contributed by atoms with E-state index in [1.54, 1.807) is 4.90 Å². The van der Waals surface area contributed by atoms with Crippen LogP contribution in [0.1, 0.15) is 6.92 Å². The van der Waals surface area contributed by atoms with Gasteiger partial charge >= 0.3 is 0 Å². The molecule has 2 fully saturated rings. The van der Waals surface area contributed by atoms with Gasteiger partial charge < -0.3 is 15.5 Å². The maximum atomic E-state index is 12.3. The highest BCUT2D eigenvalue weighted by Gasteiger charge is 2.30. The fourth-order valence-corrected chi connectivity index (χ4v) is 2.54. The van der Waals surface area contributed by atoms with Gasteiger partial charge in [0.1, 0.15) is 6.04 Å². The van der Waals surface area contributed by atoms with Crippen LogP contribution >= 0.6 is 0 Å². The highest BCUT2D eigenvalue weighted by Crippen LogP contribution is 2.05. The molecule has 8 heteroatoms. The molecule has 0 saturated carbocycles. The number of carbonyl (C=O) groups is 3. The van der Waals surface area contributed by atoms with Gasteiger partial charge in [0.15, 0.2) is 0 Å². The van der Waals surface area contributed by atoms with Crippen molar-refractivity contribution in [3.63, 3.8) is 0 Å². The molecule has 2 aliphatic rings. The Morgan fingerprint density at radius 3 is 2.57 bits per heavy atom. The molecule has 2 rings (SSSR count). The molecule has 0 bridgehead atoms. The average Bonchev–Trinajstić information content (AvgIpc) is 2.48. The van der Waals surface area contributed by atoms with Crippen LogP contribution in [0.5, 0.6) is 0 Å². The summed E-state index contributed by atoms with van der Waals surface area (Å²) < 4.78 is 0. The van der Waals surface area contributed by atoms with Gasteiger partial charge in [-0.1, -0.05) is 0 Å². The molecule has 0 aromatic heterocycles. The van der Waals surface area contributed by atoms with Crippen molar-refractivity contribution in [2.45, 2.75) is 13.0 Å². The molecule has 2 saturated heterocycles. The first-order valence-electron chi connectivity index (χ1n) is 7.38. The van der Waals surface area contributed by atoms with Gasteiger partial charge in [-0.2, -0.15) is 0 Å². The van der Waals surface area contributed by atoms with E-state index in [0.29, 0.717) is 45.8 Å². The summed E-state index contributed by atoms with van der Waals surface area (Å²) in [5.74, 6) is -0.0348. The zero-order chi connectivity index (χ0) is 15.2. The monoisotopic (exact) mass is 297 g/mol. The number of hydrogen-bond acceptors (Lipinski definition) is 5. The summed E-state index contributed by atoms with van der Waals surface area (Å²) in [6, 6.07) is -0.336. The Balaban J connectivity index is 1.74. The summed E-state index contributed by atoms with van der Waals surface area (Å²) in [5, 5.41) is 8.41. The molecule has 0 aliphatic carbocycles. The Morgan fingerprint density at radius 1 is 1.29 bits per heavy atom. The van der Waals surface area contributed by atoms with E-state index in [0.717, 1.165) is 0 Å². The van der Waals surface area contributed by atoms with Crippen molar-refractivity contribution in [1.82, 2.24) is 25.8 Å². The first-order valence-corrected chi connectivity index (χ1v) is 7.38. The molecule has 0 aromatic carbocycles. The second-order valence-corrected chi connectivity index (χ2v) is 5.29. The van der Waals surface area contributed by atoms with E-state index >= 15 is 0 Å². The van der Waals surface area contributed by atoms with Crippen molar-refractivity contribution in [2.75, 3.05) is 52.4 Å². The number of piperazine rings is 2. The topological polar surface area (TPSA) is 93.8 Å². The number of hydrogen-bond donors (Lipinski definition) is 3. The van der Waals surface area contributed by atoms with E-state index in [1.165, 1.54) is 0 Å². The molecule has 3 amide bonds. The SMILES string of the molecule is CCNC(=O)CN1CCN(C(=O)C2CNC(=O)CN2)CC1. The third kappa shape index (κ3) is 4.40. The van der Waals surface area contributed by atoms with Crippen molar-refractivity contribution in [3.8, 4) is 0 Å². The lowest BCUT2D eigenvalue weighted by molar-refractivity contribution is -0.136. The molecule has 8 nitrogen and oxygen atoms in total. The van der Waals surface area contributed by atoms with Gasteiger partial charge in [0.2, 0.25) is 17.7 Å². The number of nitrogens with one attached hydrogen (secondary N) is 3. The lowest BCUT2D eigenvalue weighted by atomic mass is 10.2. The minimum Gasteiger partial charge on any atom is -0.355 e. The molecule has 118 valence electrons. The largest absolute Gasteiger partial charge is 0.355 e. The van der Waals surface area contributed by atoms with Crippen molar-refractivity contribution >= 4 is 17.7 Å². The highest BCUT2D eigenvalue weighted by atomic mass is 16.2. The van der Waals surface area contributed by atoms with E-state index in [2.05, 4.69) is 16.0 Å². The normalized spacial score (nSPS) is 23.6. The highest BCUT2D eigenvalue weighted by molar-refractivity contribution is 5.87. The Kier molecular flexibility index (Phi) is 5.51. The second-order valence-electron chi connectivity index (χ2n) is 5.29. The number of likely N-dealkylation sites (N-methyl/N-ethyl adjacent to an activating group) is 1. The summed E-state index contributed by atoms with van der Waals surface area (Å²) >= 11 is 0. The summed E-state index contributed by atoms with van der Waals surface area (Å²) in [7, 11) is 0. The zero-order valence-corrected chi connectivity index (χ0v) is 12.4. The van der Waals surface area contributed by atoms with Gasteiger partial charge in [-0.3, -0.25) is 24.6 Å². The predicted molar refractivity (Wildman–Crippen MR) is 76.5 cm³/mol. The third-order valence-electron chi connectivity index (χ3n) is 3.74. The van der Waals surface area contributed by atoms with Gasteiger partial charge in [-0.25, -0.2) is 0 Å². The molecule has 1 atom stereocenters. The number of carbonyl (C=O) groups excluding carboxylic acids is 3.